The fourth-order valence-corrected chi connectivity index (χ4v) is 3.76. The molecule has 4 heteroatoms. The smallest absolute Gasteiger partial charge is 0.164 e. The number of halogens is 1. The van der Waals surface area contributed by atoms with E-state index in [9.17, 15) is 0 Å². The first kappa shape index (κ1) is 17.5. The molecule has 0 bridgehead atoms. The monoisotopic (exact) mass is 393 g/mol. The fourth-order valence-electron chi connectivity index (χ4n) is 3.49. The molecule has 0 fully saturated rings. The quantitative estimate of drug-likeness (QED) is 0.343. The lowest BCUT2D eigenvalue weighted by Gasteiger charge is -2.10. The number of nitrogens with zero attached hydrogens (tertiary/aromatic N) is 3. The molecule has 4 aromatic carbocycles. The van der Waals surface area contributed by atoms with E-state index in [2.05, 4.69) is 57.4 Å². The van der Waals surface area contributed by atoms with Crippen LogP contribution in [0.5, 0.6) is 0 Å². The first-order valence-electron chi connectivity index (χ1n) is 9.32. The van der Waals surface area contributed by atoms with Gasteiger partial charge in [0.25, 0.3) is 0 Å². The van der Waals surface area contributed by atoms with E-state index in [4.69, 9.17) is 11.6 Å². The Morgan fingerprint density at radius 2 is 1.34 bits per heavy atom. The maximum Gasteiger partial charge on any atom is 0.164 e. The Hall–Kier alpha value is -3.56. The third kappa shape index (κ3) is 3.37. The first-order chi connectivity index (χ1) is 14.3. The summed E-state index contributed by atoms with van der Waals surface area (Å²) in [5.74, 6) is 1.19. The Morgan fingerprint density at radius 1 is 0.586 bits per heavy atom. The van der Waals surface area contributed by atoms with Gasteiger partial charge in [-0.1, -0.05) is 90.5 Å². The van der Waals surface area contributed by atoms with Crippen LogP contribution in [0.25, 0.3) is 44.7 Å². The van der Waals surface area contributed by atoms with Gasteiger partial charge in [0, 0.05) is 11.1 Å². The van der Waals surface area contributed by atoms with Crippen molar-refractivity contribution in [2.24, 2.45) is 0 Å². The highest BCUT2D eigenvalue weighted by atomic mass is 35.5. The molecule has 0 saturated carbocycles. The van der Waals surface area contributed by atoms with Gasteiger partial charge >= 0.3 is 0 Å². The van der Waals surface area contributed by atoms with Crippen molar-refractivity contribution < 1.29 is 0 Å². The van der Waals surface area contributed by atoms with Crippen LogP contribution in [-0.4, -0.2) is 15.0 Å². The topological polar surface area (TPSA) is 38.7 Å². The summed E-state index contributed by atoms with van der Waals surface area (Å²) in [6, 6.07) is 30.5. The van der Waals surface area contributed by atoms with E-state index in [1.807, 2.05) is 48.5 Å². The van der Waals surface area contributed by atoms with E-state index in [1.165, 1.54) is 17.1 Å². The molecular formula is C25H16ClN3. The van der Waals surface area contributed by atoms with E-state index < -0.39 is 0 Å². The number of hydrogen-bond donors (Lipinski definition) is 0. The summed E-state index contributed by atoms with van der Waals surface area (Å²) < 4.78 is 0. The Bertz CT molecular complexity index is 1310. The molecular weight excluding hydrogens is 378 g/mol. The van der Waals surface area contributed by atoms with Gasteiger partial charge in [-0.2, -0.15) is 0 Å². The fraction of sp³-hybridized carbons (Fsp3) is 0. The Labute approximate surface area is 173 Å². The molecule has 29 heavy (non-hydrogen) atoms. The maximum absolute atomic E-state index is 6.66. The maximum atomic E-state index is 6.66. The molecule has 5 rings (SSSR count). The van der Waals surface area contributed by atoms with Gasteiger partial charge in [-0.25, -0.2) is 15.0 Å². The van der Waals surface area contributed by atoms with Crippen LogP contribution < -0.4 is 0 Å². The minimum Gasteiger partial charge on any atom is -0.217 e. The third-order valence-electron chi connectivity index (χ3n) is 4.91. The summed E-state index contributed by atoms with van der Waals surface area (Å²) in [6.07, 6.45) is 1.53. The van der Waals surface area contributed by atoms with Crippen molar-refractivity contribution in [3.05, 3.63) is 102 Å². The third-order valence-corrected chi connectivity index (χ3v) is 5.23. The molecule has 0 N–H and O–H groups in total. The van der Waals surface area contributed by atoms with E-state index in [0.29, 0.717) is 16.7 Å². The molecule has 0 spiro atoms. The van der Waals surface area contributed by atoms with Crippen molar-refractivity contribution in [3.8, 4) is 33.9 Å². The number of aromatic nitrogens is 3. The molecule has 0 radical (unpaired) electrons. The lowest BCUT2D eigenvalue weighted by molar-refractivity contribution is 1.07. The number of benzene rings is 4. The molecule has 138 valence electrons. The van der Waals surface area contributed by atoms with Crippen LogP contribution in [0.1, 0.15) is 0 Å². The molecule has 1 heterocycles. The molecule has 0 unspecified atom stereocenters. The van der Waals surface area contributed by atoms with Gasteiger partial charge in [0.2, 0.25) is 0 Å². The predicted molar refractivity (Wildman–Crippen MR) is 119 cm³/mol. The second kappa shape index (κ2) is 7.46. The van der Waals surface area contributed by atoms with Gasteiger partial charge in [0.05, 0.1) is 5.02 Å². The Morgan fingerprint density at radius 3 is 2.21 bits per heavy atom. The predicted octanol–water partition coefficient (Wildman–Crippen LogP) is 6.68. The highest BCUT2D eigenvalue weighted by molar-refractivity contribution is 6.33. The van der Waals surface area contributed by atoms with Crippen LogP contribution in [0.3, 0.4) is 0 Å². The largest absolute Gasteiger partial charge is 0.217 e. The van der Waals surface area contributed by atoms with Crippen molar-refractivity contribution in [2.75, 3.05) is 0 Å². The first-order valence-corrected chi connectivity index (χ1v) is 9.70. The van der Waals surface area contributed by atoms with Crippen molar-refractivity contribution in [1.29, 1.82) is 0 Å². The van der Waals surface area contributed by atoms with Crippen molar-refractivity contribution in [1.82, 2.24) is 15.0 Å². The van der Waals surface area contributed by atoms with Gasteiger partial charge in [-0.15, -0.1) is 0 Å². The molecule has 0 atom stereocenters. The van der Waals surface area contributed by atoms with Crippen molar-refractivity contribution in [3.63, 3.8) is 0 Å². The normalized spacial score (nSPS) is 10.9. The summed E-state index contributed by atoms with van der Waals surface area (Å²) >= 11 is 6.66. The zero-order chi connectivity index (χ0) is 19.6. The van der Waals surface area contributed by atoms with Gasteiger partial charge in [0.15, 0.2) is 11.6 Å². The Kier molecular flexibility index (Phi) is 4.51. The number of hydrogen-bond acceptors (Lipinski definition) is 3. The number of rotatable bonds is 3. The average Bonchev–Trinajstić information content (AvgIpc) is 2.79. The van der Waals surface area contributed by atoms with E-state index in [0.717, 1.165) is 22.3 Å². The average molecular weight is 394 g/mol. The van der Waals surface area contributed by atoms with Gasteiger partial charge in [0.1, 0.15) is 6.33 Å². The van der Waals surface area contributed by atoms with Crippen molar-refractivity contribution >= 4 is 22.4 Å². The van der Waals surface area contributed by atoms with Gasteiger partial charge < -0.3 is 0 Å². The van der Waals surface area contributed by atoms with Crippen molar-refractivity contribution in [2.45, 2.75) is 0 Å². The molecule has 0 aliphatic rings. The molecule has 5 aromatic rings. The zero-order valence-corrected chi connectivity index (χ0v) is 16.2. The minimum absolute atomic E-state index is 0.563. The lowest BCUT2D eigenvalue weighted by atomic mass is 9.97. The van der Waals surface area contributed by atoms with Gasteiger partial charge in [-0.3, -0.25) is 0 Å². The summed E-state index contributed by atoms with van der Waals surface area (Å²) in [5, 5.41) is 3.01. The van der Waals surface area contributed by atoms with Crippen LogP contribution in [0.2, 0.25) is 5.02 Å². The van der Waals surface area contributed by atoms with Crippen LogP contribution in [0.4, 0.5) is 0 Å². The molecule has 0 aliphatic heterocycles. The van der Waals surface area contributed by atoms with E-state index in [-0.39, 0.29) is 0 Å². The molecule has 0 saturated heterocycles. The minimum atomic E-state index is 0.563. The Balaban J connectivity index is 1.57. The molecule has 3 nitrogen and oxygen atoms in total. The van der Waals surface area contributed by atoms with Gasteiger partial charge in [-0.05, 0) is 34.0 Å². The number of fused-ring (bicyclic) bond motifs is 1. The summed E-state index contributed by atoms with van der Waals surface area (Å²) in [7, 11) is 0. The van der Waals surface area contributed by atoms with Crippen LogP contribution in [-0.2, 0) is 0 Å². The SMILES string of the molecule is Clc1cc(-c2cccc3ccccc23)ccc1-c1ncnc(-c2ccccc2)n1. The van der Waals surface area contributed by atoms with E-state index >= 15 is 0 Å². The zero-order valence-electron chi connectivity index (χ0n) is 15.5. The lowest BCUT2D eigenvalue weighted by Crippen LogP contribution is -1.95. The van der Waals surface area contributed by atoms with Crippen LogP contribution in [0.15, 0.2) is 97.3 Å². The molecule has 0 amide bonds. The molecule has 0 aliphatic carbocycles. The molecule has 1 aromatic heterocycles. The van der Waals surface area contributed by atoms with Crippen LogP contribution >= 0.6 is 11.6 Å². The standard InChI is InChI=1S/C25H16ClN3/c26-23-15-19(21-12-6-10-17-7-4-5-11-20(17)21)13-14-22(23)25-28-16-27-24(29-25)18-8-2-1-3-9-18/h1-16H. The highest BCUT2D eigenvalue weighted by Crippen LogP contribution is 2.34. The summed E-state index contributed by atoms with van der Waals surface area (Å²) in [5.41, 5.74) is 3.94. The second-order valence-corrected chi connectivity index (χ2v) is 7.13. The summed E-state index contributed by atoms with van der Waals surface area (Å²) in [6.45, 7) is 0. The van der Waals surface area contributed by atoms with E-state index in [1.54, 1.807) is 0 Å². The summed E-state index contributed by atoms with van der Waals surface area (Å²) in [4.78, 5) is 13.3. The van der Waals surface area contributed by atoms with Crippen LogP contribution in [0, 0.1) is 0 Å². The second-order valence-electron chi connectivity index (χ2n) is 6.72. The highest BCUT2D eigenvalue weighted by Gasteiger charge is 2.12.